The summed E-state index contributed by atoms with van der Waals surface area (Å²) in [6.45, 7) is 8.46. The van der Waals surface area contributed by atoms with Gasteiger partial charge < -0.3 is 16.0 Å². The fourth-order valence-electron chi connectivity index (χ4n) is 2.22. The minimum absolute atomic E-state index is 0. The molecule has 3 N–H and O–H groups in total. The Morgan fingerprint density at radius 2 is 2.00 bits per heavy atom. The highest BCUT2D eigenvalue weighted by atomic mass is 35.5. The number of rotatable bonds is 6. The van der Waals surface area contributed by atoms with E-state index in [2.05, 4.69) is 22.9 Å². The first kappa shape index (κ1) is 19.2. The Morgan fingerprint density at radius 1 is 1.30 bits per heavy atom. The van der Waals surface area contributed by atoms with E-state index in [1.165, 1.54) is 0 Å². The molecular weight excluding hydrogens is 278 g/mol. The van der Waals surface area contributed by atoms with Gasteiger partial charge in [0.15, 0.2) is 0 Å². The first-order valence-electron chi connectivity index (χ1n) is 7.25. The van der Waals surface area contributed by atoms with Crippen molar-refractivity contribution in [3.63, 3.8) is 0 Å². The maximum absolute atomic E-state index is 11.8. The van der Waals surface area contributed by atoms with Gasteiger partial charge in [0, 0.05) is 32.0 Å². The molecule has 0 saturated carbocycles. The quantitative estimate of drug-likeness (QED) is 0.687. The summed E-state index contributed by atoms with van der Waals surface area (Å²) in [4.78, 5) is 23.2. The number of carbonyl (C=O) groups is 2. The van der Waals surface area contributed by atoms with Gasteiger partial charge in [-0.3, -0.25) is 9.59 Å². The summed E-state index contributed by atoms with van der Waals surface area (Å²) in [5, 5.41) is 9.09. The normalized spacial score (nSPS) is 22.0. The van der Waals surface area contributed by atoms with E-state index in [1.54, 1.807) is 0 Å². The maximum atomic E-state index is 11.8. The molecule has 0 bridgehead atoms. The van der Waals surface area contributed by atoms with Crippen LogP contribution in [0.4, 0.5) is 0 Å². The van der Waals surface area contributed by atoms with E-state index in [-0.39, 0.29) is 30.3 Å². The lowest BCUT2D eigenvalue weighted by Crippen LogP contribution is -2.50. The van der Waals surface area contributed by atoms with Crippen LogP contribution in [0.3, 0.4) is 0 Å². The van der Waals surface area contributed by atoms with E-state index < -0.39 is 0 Å². The zero-order chi connectivity index (χ0) is 14.3. The van der Waals surface area contributed by atoms with Crippen molar-refractivity contribution in [3.8, 4) is 0 Å². The molecule has 6 heteroatoms. The third-order valence-corrected chi connectivity index (χ3v) is 3.44. The minimum Gasteiger partial charge on any atom is -0.356 e. The third-order valence-electron chi connectivity index (χ3n) is 3.44. The Bertz CT molecular complexity index is 311. The first-order valence-corrected chi connectivity index (χ1v) is 7.25. The Balaban J connectivity index is 0.00000361. The summed E-state index contributed by atoms with van der Waals surface area (Å²) >= 11 is 0. The minimum atomic E-state index is 0. The molecule has 0 radical (unpaired) electrons. The largest absolute Gasteiger partial charge is 0.356 e. The number of piperidine rings is 1. The molecule has 0 aliphatic carbocycles. The predicted molar refractivity (Wildman–Crippen MR) is 82.9 cm³/mol. The van der Waals surface area contributed by atoms with Crippen molar-refractivity contribution in [1.82, 2.24) is 16.0 Å². The number of amides is 2. The van der Waals surface area contributed by atoms with Gasteiger partial charge in [-0.05, 0) is 24.8 Å². The van der Waals surface area contributed by atoms with Gasteiger partial charge in [-0.15, -0.1) is 12.4 Å². The van der Waals surface area contributed by atoms with Crippen molar-refractivity contribution >= 4 is 24.2 Å². The molecule has 1 fully saturated rings. The summed E-state index contributed by atoms with van der Waals surface area (Å²) in [7, 11) is 0. The predicted octanol–water partition coefficient (Wildman–Crippen LogP) is 1.07. The monoisotopic (exact) mass is 305 g/mol. The van der Waals surface area contributed by atoms with Gasteiger partial charge in [-0.1, -0.05) is 20.8 Å². The summed E-state index contributed by atoms with van der Waals surface area (Å²) < 4.78 is 0. The topological polar surface area (TPSA) is 70.2 Å². The van der Waals surface area contributed by atoms with E-state index in [0.29, 0.717) is 31.2 Å². The Morgan fingerprint density at radius 3 is 2.60 bits per heavy atom. The average Bonchev–Trinajstić information content (AvgIpc) is 2.31. The number of hydrogen-bond donors (Lipinski definition) is 3. The lowest BCUT2D eigenvalue weighted by atomic mass is 9.95. The third kappa shape index (κ3) is 7.70. The molecule has 1 saturated heterocycles. The Labute approximate surface area is 128 Å². The SMILES string of the molecule is CC(C)CC(=O)NCCC(=O)NC1CNCCC1C.Cl. The second-order valence-electron chi connectivity index (χ2n) is 5.84. The summed E-state index contributed by atoms with van der Waals surface area (Å²) in [6.07, 6.45) is 1.97. The van der Waals surface area contributed by atoms with Gasteiger partial charge in [0.05, 0.1) is 0 Å². The van der Waals surface area contributed by atoms with Crippen LogP contribution in [0, 0.1) is 11.8 Å². The van der Waals surface area contributed by atoms with Crippen LogP contribution in [0.25, 0.3) is 0 Å². The van der Waals surface area contributed by atoms with Gasteiger partial charge >= 0.3 is 0 Å². The van der Waals surface area contributed by atoms with Crippen LogP contribution in [0.2, 0.25) is 0 Å². The second kappa shape index (κ2) is 10.00. The van der Waals surface area contributed by atoms with Crippen LogP contribution >= 0.6 is 12.4 Å². The van der Waals surface area contributed by atoms with Gasteiger partial charge in [0.2, 0.25) is 11.8 Å². The zero-order valence-electron chi connectivity index (χ0n) is 12.7. The van der Waals surface area contributed by atoms with Crippen LogP contribution < -0.4 is 16.0 Å². The molecule has 1 aliphatic heterocycles. The lowest BCUT2D eigenvalue weighted by molar-refractivity contribution is -0.123. The molecule has 5 nitrogen and oxygen atoms in total. The molecule has 1 rings (SSSR count). The number of hydrogen-bond acceptors (Lipinski definition) is 3. The fourth-order valence-corrected chi connectivity index (χ4v) is 2.22. The summed E-state index contributed by atoms with van der Waals surface area (Å²) in [5.41, 5.74) is 0. The molecule has 2 unspecified atom stereocenters. The zero-order valence-corrected chi connectivity index (χ0v) is 13.5. The molecular formula is C14H28ClN3O2. The highest BCUT2D eigenvalue weighted by Crippen LogP contribution is 2.11. The van der Waals surface area contributed by atoms with E-state index >= 15 is 0 Å². The molecule has 0 aromatic rings. The molecule has 20 heavy (non-hydrogen) atoms. The number of carbonyl (C=O) groups excluding carboxylic acids is 2. The highest BCUT2D eigenvalue weighted by molar-refractivity contribution is 5.85. The van der Waals surface area contributed by atoms with Crippen LogP contribution in [0.15, 0.2) is 0 Å². The van der Waals surface area contributed by atoms with Crippen LogP contribution in [-0.4, -0.2) is 37.5 Å². The van der Waals surface area contributed by atoms with Crippen molar-refractivity contribution in [1.29, 1.82) is 0 Å². The van der Waals surface area contributed by atoms with Crippen LogP contribution in [0.5, 0.6) is 0 Å². The molecule has 2 atom stereocenters. The Kier molecular flexibility index (Phi) is 9.59. The summed E-state index contributed by atoms with van der Waals surface area (Å²) in [5.74, 6) is 0.907. The molecule has 118 valence electrons. The van der Waals surface area contributed by atoms with Crippen molar-refractivity contribution < 1.29 is 9.59 Å². The average molecular weight is 306 g/mol. The highest BCUT2D eigenvalue weighted by Gasteiger charge is 2.22. The van der Waals surface area contributed by atoms with E-state index in [9.17, 15) is 9.59 Å². The molecule has 0 aromatic carbocycles. The molecule has 0 spiro atoms. The van der Waals surface area contributed by atoms with Crippen molar-refractivity contribution in [2.24, 2.45) is 11.8 Å². The maximum Gasteiger partial charge on any atom is 0.222 e. The van der Waals surface area contributed by atoms with Crippen molar-refractivity contribution in [3.05, 3.63) is 0 Å². The standard InChI is InChI=1S/C14H27N3O2.ClH/c1-10(2)8-14(19)16-7-5-13(18)17-12-9-15-6-4-11(12)3;/h10-12,15H,4-9H2,1-3H3,(H,16,19)(H,17,18);1H. The molecule has 1 heterocycles. The smallest absolute Gasteiger partial charge is 0.222 e. The van der Waals surface area contributed by atoms with Crippen LogP contribution in [-0.2, 0) is 9.59 Å². The van der Waals surface area contributed by atoms with Crippen molar-refractivity contribution in [2.75, 3.05) is 19.6 Å². The van der Waals surface area contributed by atoms with E-state index in [0.717, 1.165) is 19.5 Å². The number of halogens is 1. The van der Waals surface area contributed by atoms with E-state index in [4.69, 9.17) is 0 Å². The second-order valence-corrected chi connectivity index (χ2v) is 5.84. The van der Waals surface area contributed by atoms with Gasteiger partial charge in [-0.2, -0.15) is 0 Å². The fraction of sp³-hybridized carbons (Fsp3) is 0.857. The van der Waals surface area contributed by atoms with Gasteiger partial charge in [0.25, 0.3) is 0 Å². The lowest BCUT2D eigenvalue weighted by Gasteiger charge is -2.30. The van der Waals surface area contributed by atoms with E-state index in [1.807, 2.05) is 13.8 Å². The van der Waals surface area contributed by atoms with Crippen molar-refractivity contribution in [2.45, 2.75) is 46.1 Å². The first-order chi connectivity index (χ1) is 8.99. The van der Waals surface area contributed by atoms with Crippen LogP contribution in [0.1, 0.15) is 40.0 Å². The van der Waals surface area contributed by atoms with Gasteiger partial charge in [-0.25, -0.2) is 0 Å². The number of nitrogens with one attached hydrogen (secondary N) is 3. The molecule has 0 aromatic heterocycles. The molecule has 2 amide bonds. The Hall–Kier alpha value is -0.810. The summed E-state index contributed by atoms with van der Waals surface area (Å²) in [6, 6.07) is 0.215. The van der Waals surface area contributed by atoms with Gasteiger partial charge in [0.1, 0.15) is 0 Å². The molecule has 1 aliphatic rings.